The summed E-state index contributed by atoms with van der Waals surface area (Å²) in [5.74, 6) is 0.500. The summed E-state index contributed by atoms with van der Waals surface area (Å²) in [7, 11) is 0. The van der Waals surface area contributed by atoms with Crippen LogP contribution in [0, 0.1) is 12.8 Å². The van der Waals surface area contributed by atoms with Crippen molar-refractivity contribution in [1.29, 1.82) is 0 Å². The van der Waals surface area contributed by atoms with Crippen LogP contribution in [0.25, 0.3) is 0 Å². The summed E-state index contributed by atoms with van der Waals surface area (Å²) in [5, 5.41) is 2.91. The molecule has 29 heavy (non-hydrogen) atoms. The third-order valence-corrected chi connectivity index (χ3v) is 5.70. The van der Waals surface area contributed by atoms with Crippen molar-refractivity contribution in [2.75, 3.05) is 29.9 Å². The van der Waals surface area contributed by atoms with Gasteiger partial charge in [-0.05, 0) is 61.1 Å². The molecule has 0 atom stereocenters. The topological polar surface area (TPSA) is 52.7 Å². The summed E-state index contributed by atoms with van der Waals surface area (Å²) in [4.78, 5) is 28.5. The molecule has 1 heterocycles. The summed E-state index contributed by atoms with van der Waals surface area (Å²) >= 11 is 0. The van der Waals surface area contributed by atoms with Gasteiger partial charge in [0.1, 0.15) is 6.54 Å². The zero-order chi connectivity index (χ0) is 20.8. The van der Waals surface area contributed by atoms with E-state index in [4.69, 9.17) is 0 Å². The first-order chi connectivity index (χ1) is 13.9. The van der Waals surface area contributed by atoms with E-state index in [0.29, 0.717) is 6.54 Å². The van der Waals surface area contributed by atoms with Crippen molar-refractivity contribution >= 4 is 23.2 Å². The maximum atomic E-state index is 12.5. The van der Waals surface area contributed by atoms with Gasteiger partial charge in [0, 0.05) is 37.9 Å². The predicted molar refractivity (Wildman–Crippen MR) is 118 cm³/mol. The number of carbonyl (C=O) groups is 2. The lowest BCUT2D eigenvalue weighted by Gasteiger charge is -2.32. The van der Waals surface area contributed by atoms with Gasteiger partial charge < -0.3 is 15.1 Å². The van der Waals surface area contributed by atoms with Crippen LogP contribution in [0.5, 0.6) is 0 Å². The molecule has 154 valence electrons. The molecule has 1 fully saturated rings. The zero-order valence-electron chi connectivity index (χ0n) is 17.6. The first kappa shape index (κ1) is 20.9. The SMILES string of the molecule is CC(=O)N(CC(=O)Nc1ccc(N2CCC(C)CC2)cc1)Cc1ccccc1C. The Bertz CT molecular complexity index is 839. The molecule has 1 N–H and O–H groups in total. The number of piperidine rings is 1. The molecule has 0 saturated carbocycles. The first-order valence-electron chi connectivity index (χ1n) is 10.4. The quantitative estimate of drug-likeness (QED) is 0.799. The first-order valence-corrected chi connectivity index (χ1v) is 10.4. The summed E-state index contributed by atoms with van der Waals surface area (Å²) in [6.45, 7) is 8.45. The van der Waals surface area contributed by atoms with Gasteiger partial charge in [0.05, 0.1) is 0 Å². The maximum Gasteiger partial charge on any atom is 0.244 e. The Kier molecular flexibility index (Phi) is 6.91. The monoisotopic (exact) mass is 393 g/mol. The van der Waals surface area contributed by atoms with Crippen LogP contribution >= 0.6 is 0 Å². The van der Waals surface area contributed by atoms with E-state index in [1.807, 2.05) is 43.3 Å². The summed E-state index contributed by atoms with van der Waals surface area (Å²) < 4.78 is 0. The standard InChI is InChI=1S/C24H31N3O2/c1-18-12-14-26(15-13-18)23-10-8-22(9-11-23)25-24(29)17-27(20(3)28)16-21-7-5-4-6-19(21)2/h4-11,18H,12-17H2,1-3H3,(H,25,29). The van der Waals surface area contributed by atoms with Crippen LogP contribution in [-0.2, 0) is 16.1 Å². The minimum absolute atomic E-state index is 0.0371. The van der Waals surface area contributed by atoms with E-state index in [2.05, 4.69) is 29.3 Å². The van der Waals surface area contributed by atoms with Gasteiger partial charge in [0.15, 0.2) is 0 Å². The van der Waals surface area contributed by atoms with Gasteiger partial charge in [-0.25, -0.2) is 0 Å². The highest BCUT2D eigenvalue weighted by Gasteiger charge is 2.17. The molecule has 1 aliphatic rings. The molecular weight excluding hydrogens is 362 g/mol. The van der Waals surface area contributed by atoms with Crippen LogP contribution < -0.4 is 10.2 Å². The minimum Gasteiger partial charge on any atom is -0.372 e. The second-order valence-electron chi connectivity index (χ2n) is 8.07. The van der Waals surface area contributed by atoms with Gasteiger partial charge in [0.25, 0.3) is 0 Å². The number of hydrogen-bond acceptors (Lipinski definition) is 3. The highest BCUT2D eigenvalue weighted by molar-refractivity contribution is 5.94. The van der Waals surface area contributed by atoms with E-state index in [-0.39, 0.29) is 18.4 Å². The maximum absolute atomic E-state index is 12.5. The van der Waals surface area contributed by atoms with Gasteiger partial charge in [-0.15, -0.1) is 0 Å². The van der Waals surface area contributed by atoms with Gasteiger partial charge in [-0.3, -0.25) is 9.59 Å². The molecule has 1 aliphatic heterocycles. The molecule has 5 heteroatoms. The van der Waals surface area contributed by atoms with E-state index < -0.39 is 0 Å². The lowest BCUT2D eigenvalue weighted by Crippen LogP contribution is -2.36. The lowest BCUT2D eigenvalue weighted by molar-refractivity contribution is -0.133. The fourth-order valence-electron chi connectivity index (χ4n) is 3.67. The van der Waals surface area contributed by atoms with E-state index in [1.165, 1.54) is 25.5 Å². The zero-order valence-corrected chi connectivity index (χ0v) is 17.6. The van der Waals surface area contributed by atoms with Gasteiger partial charge in [-0.1, -0.05) is 31.2 Å². The highest BCUT2D eigenvalue weighted by atomic mass is 16.2. The van der Waals surface area contributed by atoms with Gasteiger partial charge >= 0.3 is 0 Å². The predicted octanol–water partition coefficient (Wildman–Crippen LogP) is 4.22. The van der Waals surface area contributed by atoms with Gasteiger partial charge in [-0.2, -0.15) is 0 Å². The Hall–Kier alpha value is -2.82. The molecule has 0 radical (unpaired) electrons. The van der Waals surface area contributed by atoms with Crippen LogP contribution in [-0.4, -0.2) is 36.3 Å². The average Bonchev–Trinajstić information content (AvgIpc) is 2.70. The van der Waals surface area contributed by atoms with E-state index >= 15 is 0 Å². The van der Waals surface area contributed by atoms with Crippen molar-refractivity contribution in [1.82, 2.24) is 4.90 Å². The molecule has 2 aromatic carbocycles. The number of carbonyl (C=O) groups excluding carboxylic acids is 2. The number of nitrogens with zero attached hydrogens (tertiary/aromatic N) is 2. The van der Waals surface area contributed by atoms with Crippen molar-refractivity contribution in [3.8, 4) is 0 Å². The largest absolute Gasteiger partial charge is 0.372 e. The highest BCUT2D eigenvalue weighted by Crippen LogP contribution is 2.24. The number of amides is 2. The van der Waals surface area contributed by atoms with Crippen molar-refractivity contribution < 1.29 is 9.59 Å². The normalized spacial score (nSPS) is 14.5. The van der Waals surface area contributed by atoms with E-state index in [0.717, 1.165) is 35.8 Å². The number of benzene rings is 2. The molecule has 0 unspecified atom stereocenters. The Labute approximate surface area is 173 Å². The van der Waals surface area contributed by atoms with E-state index in [9.17, 15) is 9.59 Å². The fourth-order valence-corrected chi connectivity index (χ4v) is 3.67. The number of aryl methyl sites for hydroxylation is 1. The molecule has 2 amide bonds. The number of rotatable bonds is 6. The van der Waals surface area contributed by atoms with Gasteiger partial charge in [0.2, 0.25) is 11.8 Å². The van der Waals surface area contributed by atoms with Crippen molar-refractivity contribution in [2.24, 2.45) is 5.92 Å². The Morgan fingerprint density at radius 1 is 1.07 bits per heavy atom. The number of anilines is 2. The third-order valence-electron chi connectivity index (χ3n) is 5.70. The lowest BCUT2D eigenvalue weighted by atomic mass is 9.99. The fraction of sp³-hybridized carbons (Fsp3) is 0.417. The van der Waals surface area contributed by atoms with Crippen molar-refractivity contribution in [3.05, 3.63) is 59.7 Å². The number of nitrogens with one attached hydrogen (secondary N) is 1. The van der Waals surface area contributed by atoms with Crippen LogP contribution in [0.1, 0.15) is 37.8 Å². The Morgan fingerprint density at radius 2 is 1.72 bits per heavy atom. The summed E-state index contributed by atoms with van der Waals surface area (Å²) in [6, 6.07) is 15.9. The molecule has 3 rings (SSSR count). The minimum atomic E-state index is -0.187. The summed E-state index contributed by atoms with van der Waals surface area (Å²) in [6.07, 6.45) is 2.44. The van der Waals surface area contributed by atoms with Crippen LogP contribution in [0.4, 0.5) is 11.4 Å². The average molecular weight is 394 g/mol. The molecule has 0 bridgehead atoms. The molecular formula is C24H31N3O2. The Morgan fingerprint density at radius 3 is 2.34 bits per heavy atom. The molecule has 2 aromatic rings. The molecule has 0 spiro atoms. The molecule has 1 saturated heterocycles. The molecule has 0 aromatic heterocycles. The molecule has 5 nitrogen and oxygen atoms in total. The smallest absolute Gasteiger partial charge is 0.244 e. The van der Waals surface area contributed by atoms with Crippen molar-refractivity contribution in [2.45, 2.75) is 40.2 Å². The number of hydrogen-bond donors (Lipinski definition) is 1. The van der Waals surface area contributed by atoms with Crippen LogP contribution in [0.2, 0.25) is 0 Å². The third kappa shape index (κ3) is 5.83. The second-order valence-corrected chi connectivity index (χ2v) is 8.07. The second kappa shape index (κ2) is 9.59. The van der Waals surface area contributed by atoms with Crippen molar-refractivity contribution in [3.63, 3.8) is 0 Å². The molecule has 0 aliphatic carbocycles. The van der Waals surface area contributed by atoms with Crippen LogP contribution in [0.15, 0.2) is 48.5 Å². The summed E-state index contributed by atoms with van der Waals surface area (Å²) in [5.41, 5.74) is 4.11. The van der Waals surface area contributed by atoms with E-state index in [1.54, 1.807) is 4.90 Å². The Balaban J connectivity index is 1.57. The van der Waals surface area contributed by atoms with Crippen LogP contribution in [0.3, 0.4) is 0 Å².